The fourth-order valence-corrected chi connectivity index (χ4v) is 6.16. The van der Waals surface area contributed by atoms with Crippen LogP contribution in [0.2, 0.25) is 18.6 Å². The average molecular weight is 444 g/mol. The van der Waals surface area contributed by atoms with Crippen molar-refractivity contribution < 1.29 is 4.43 Å². The normalized spacial score (nSPS) is 14.2. The van der Waals surface area contributed by atoms with Gasteiger partial charge in [0.15, 0.2) is 8.32 Å². The van der Waals surface area contributed by atoms with Gasteiger partial charge in [-0.05, 0) is 122 Å². The minimum Gasteiger partial charge on any atom is -0.420 e. The number of nitrogens with zero attached hydrogens (tertiary/aromatic N) is 3. The Morgan fingerprint density at radius 3 is 1.17 bits per heavy atom. The summed E-state index contributed by atoms with van der Waals surface area (Å²) in [5.41, 5.74) is 0. The van der Waals surface area contributed by atoms with Gasteiger partial charge in [0, 0.05) is 7.11 Å². The lowest BCUT2D eigenvalue weighted by atomic mass is 10.2. The van der Waals surface area contributed by atoms with Gasteiger partial charge in [0.2, 0.25) is 0 Å². The monoisotopic (exact) mass is 443 g/mol. The van der Waals surface area contributed by atoms with Crippen LogP contribution >= 0.6 is 0 Å². The zero-order chi connectivity index (χ0) is 22.7. The van der Waals surface area contributed by atoms with E-state index in [4.69, 9.17) is 4.43 Å². The molecular formula is C25H57N3OSi. The molecule has 0 aliphatic carbocycles. The van der Waals surface area contributed by atoms with Gasteiger partial charge in [-0.15, -0.1) is 0 Å². The average Bonchev–Trinajstić information content (AvgIpc) is 2.73. The van der Waals surface area contributed by atoms with Crippen LogP contribution in [0, 0.1) is 0 Å². The summed E-state index contributed by atoms with van der Waals surface area (Å²) in [5, 5.41) is 0. The molecule has 182 valence electrons. The van der Waals surface area contributed by atoms with E-state index in [1.54, 1.807) is 0 Å². The Bertz CT molecular complexity index is 332. The van der Waals surface area contributed by atoms with Crippen LogP contribution in [0.3, 0.4) is 0 Å². The van der Waals surface area contributed by atoms with Gasteiger partial charge in [-0.1, -0.05) is 34.6 Å². The topological polar surface area (TPSA) is 19.0 Å². The molecule has 0 amide bonds. The highest BCUT2D eigenvalue weighted by Crippen LogP contribution is 2.18. The van der Waals surface area contributed by atoms with Crippen LogP contribution in [0.4, 0.5) is 0 Å². The Labute approximate surface area is 191 Å². The second kappa shape index (κ2) is 19.7. The number of hydrogen-bond acceptors (Lipinski definition) is 4. The summed E-state index contributed by atoms with van der Waals surface area (Å²) in [4.78, 5) is 8.08. The van der Waals surface area contributed by atoms with E-state index in [2.05, 4.69) is 55.9 Å². The van der Waals surface area contributed by atoms with Crippen molar-refractivity contribution in [3.05, 3.63) is 0 Å². The molecule has 0 rings (SSSR count). The van der Waals surface area contributed by atoms with Crippen LogP contribution in [-0.4, -0.2) is 89.0 Å². The Morgan fingerprint density at radius 2 is 0.867 bits per heavy atom. The van der Waals surface area contributed by atoms with Crippen molar-refractivity contribution in [1.82, 2.24) is 14.7 Å². The Morgan fingerprint density at radius 1 is 0.533 bits per heavy atom. The summed E-state index contributed by atoms with van der Waals surface area (Å²) >= 11 is 0. The lowest BCUT2D eigenvalue weighted by Gasteiger charge is -2.29. The third kappa shape index (κ3) is 15.0. The second-order valence-electron chi connectivity index (χ2n) is 9.34. The van der Waals surface area contributed by atoms with Gasteiger partial charge in [-0.25, -0.2) is 0 Å². The molecule has 0 saturated heterocycles. The Balaban J connectivity index is 4.58. The summed E-state index contributed by atoms with van der Waals surface area (Å²) < 4.78 is 5.91. The highest BCUT2D eigenvalue weighted by molar-refractivity contribution is 6.72. The molecule has 0 aliphatic heterocycles. The quantitative estimate of drug-likeness (QED) is 0.193. The fourth-order valence-electron chi connectivity index (χ4n) is 4.41. The first-order valence-electron chi connectivity index (χ1n) is 13.2. The van der Waals surface area contributed by atoms with E-state index in [9.17, 15) is 0 Å². The molecule has 0 heterocycles. The SMILES string of the molecule is CCCN(CCC)CCCN(CCCN(CCC)CCC)CCC[Si](C)(CC)OC. The molecule has 0 aromatic carbocycles. The molecule has 5 heteroatoms. The minimum atomic E-state index is -1.45. The fraction of sp³-hybridized carbons (Fsp3) is 1.00. The van der Waals surface area contributed by atoms with E-state index in [1.807, 2.05) is 7.11 Å². The summed E-state index contributed by atoms with van der Waals surface area (Å²) in [6.07, 6.45) is 8.99. The first kappa shape index (κ1) is 30.1. The maximum atomic E-state index is 5.91. The van der Waals surface area contributed by atoms with Crippen LogP contribution in [0.5, 0.6) is 0 Å². The van der Waals surface area contributed by atoms with Gasteiger partial charge in [-0.2, -0.15) is 0 Å². The van der Waals surface area contributed by atoms with Gasteiger partial charge in [0.05, 0.1) is 0 Å². The smallest absolute Gasteiger partial charge is 0.189 e. The van der Waals surface area contributed by atoms with Crippen LogP contribution in [0.15, 0.2) is 0 Å². The summed E-state index contributed by atoms with van der Waals surface area (Å²) in [5.74, 6) is 0. The predicted molar refractivity (Wildman–Crippen MR) is 138 cm³/mol. The zero-order valence-electron chi connectivity index (χ0n) is 22.0. The highest BCUT2D eigenvalue weighted by Gasteiger charge is 2.24. The molecule has 0 aliphatic rings. The standard InChI is InChI=1S/C25H57N3OSi/c1-8-16-26(17-9-2)20-13-22-28(24-15-25-30(7,12-5)29-6)23-14-21-27(18-10-3)19-11-4/h8-25H2,1-7H3. The van der Waals surface area contributed by atoms with Gasteiger partial charge in [0.1, 0.15) is 0 Å². The van der Waals surface area contributed by atoms with Crippen LogP contribution in [0.1, 0.15) is 79.6 Å². The van der Waals surface area contributed by atoms with E-state index in [0.717, 1.165) is 0 Å². The third-order valence-electron chi connectivity index (χ3n) is 6.48. The first-order valence-corrected chi connectivity index (χ1v) is 16.0. The lowest BCUT2D eigenvalue weighted by Crippen LogP contribution is -2.36. The number of rotatable bonds is 22. The van der Waals surface area contributed by atoms with Crippen LogP contribution < -0.4 is 0 Å². The van der Waals surface area contributed by atoms with Crippen molar-refractivity contribution in [3.63, 3.8) is 0 Å². The molecule has 0 spiro atoms. The largest absolute Gasteiger partial charge is 0.420 e. The van der Waals surface area contributed by atoms with Gasteiger partial charge in [0.25, 0.3) is 0 Å². The first-order chi connectivity index (χ1) is 14.5. The molecule has 1 unspecified atom stereocenters. The molecule has 0 fully saturated rings. The zero-order valence-corrected chi connectivity index (χ0v) is 23.0. The minimum absolute atomic E-state index is 1.23. The maximum Gasteiger partial charge on any atom is 0.189 e. The highest BCUT2D eigenvalue weighted by atomic mass is 28.4. The second-order valence-corrected chi connectivity index (χ2v) is 13.9. The van der Waals surface area contributed by atoms with E-state index >= 15 is 0 Å². The maximum absolute atomic E-state index is 5.91. The summed E-state index contributed by atoms with van der Waals surface area (Å²) in [6, 6.07) is 2.53. The molecule has 0 aromatic rings. The van der Waals surface area contributed by atoms with Gasteiger partial charge >= 0.3 is 0 Å². The molecule has 0 radical (unpaired) electrons. The molecule has 0 N–H and O–H groups in total. The molecule has 0 bridgehead atoms. The van der Waals surface area contributed by atoms with Crippen molar-refractivity contribution in [2.24, 2.45) is 0 Å². The summed E-state index contributed by atoms with van der Waals surface area (Å²) in [7, 11) is 0.482. The van der Waals surface area contributed by atoms with E-state index in [0.29, 0.717) is 0 Å². The van der Waals surface area contributed by atoms with Crippen LogP contribution in [-0.2, 0) is 4.43 Å². The number of hydrogen-bond donors (Lipinski definition) is 0. The lowest BCUT2D eigenvalue weighted by molar-refractivity contribution is 0.207. The van der Waals surface area contributed by atoms with E-state index in [1.165, 1.54) is 116 Å². The van der Waals surface area contributed by atoms with Crippen molar-refractivity contribution in [3.8, 4) is 0 Å². The summed E-state index contributed by atoms with van der Waals surface area (Å²) in [6.45, 7) is 25.2. The molecule has 1 atom stereocenters. The van der Waals surface area contributed by atoms with E-state index in [-0.39, 0.29) is 0 Å². The van der Waals surface area contributed by atoms with Gasteiger partial charge < -0.3 is 19.1 Å². The third-order valence-corrected chi connectivity index (χ3v) is 10.4. The molecular weight excluding hydrogens is 386 g/mol. The predicted octanol–water partition coefficient (Wildman–Crippen LogP) is 5.94. The van der Waals surface area contributed by atoms with Crippen molar-refractivity contribution in [2.75, 3.05) is 66.0 Å². The molecule has 0 aromatic heterocycles. The Hall–Kier alpha value is 0.0569. The van der Waals surface area contributed by atoms with Crippen molar-refractivity contribution in [2.45, 2.75) is 98.2 Å². The van der Waals surface area contributed by atoms with Gasteiger partial charge in [-0.3, -0.25) is 0 Å². The Kier molecular flexibility index (Phi) is 19.8. The van der Waals surface area contributed by atoms with Crippen LogP contribution in [0.25, 0.3) is 0 Å². The molecule has 30 heavy (non-hydrogen) atoms. The molecule has 0 saturated carbocycles. The van der Waals surface area contributed by atoms with Crippen molar-refractivity contribution >= 4 is 8.32 Å². The van der Waals surface area contributed by atoms with Crippen molar-refractivity contribution in [1.29, 1.82) is 0 Å². The molecule has 4 nitrogen and oxygen atoms in total. The van der Waals surface area contributed by atoms with E-state index < -0.39 is 8.32 Å².